The molecule has 0 fully saturated rings. The molecule has 0 saturated heterocycles. The molecule has 8 nitrogen and oxygen atoms in total. The Morgan fingerprint density at radius 1 is 0.692 bits per heavy atom. The highest BCUT2D eigenvalue weighted by atomic mass is 16.6. The van der Waals surface area contributed by atoms with Crippen LogP contribution in [0.1, 0.15) is 27.7 Å². The van der Waals surface area contributed by atoms with Crippen molar-refractivity contribution in [3.63, 3.8) is 0 Å². The number of ether oxygens (including phenoxy) is 2. The van der Waals surface area contributed by atoms with Crippen molar-refractivity contribution in [3.8, 4) is 0 Å². The first kappa shape index (κ1) is 22.8. The lowest BCUT2D eigenvalue weighted by Crippen LogP contribution is -2.46. The maximum atomic E-state index is 12.0. The summed E-state index contributed by atoms with van der Waals surface area (Å²) in [5, 5.41) is 18.5. The van der Waals surface area contributed by atoms with Gasteiger partial charge in [0.05, 0.1) is 11.1 Å². The van der Waals surface area contributed by atoms with E-state index in [-0.39, 0.29) is 11.1 Å². The van der Waals surface area contributed by atoms with Gasteiger partial charge in [-0.1, -0.05) is 36.5 Å². The van der Waals surface area contributed by atoms with Crippen molar-refractivity contribution in [1.82, 2.24) is 0 Å². The van der Waals surface area contributed by atoms with Gasteiger partial charge in [0.15, 0.2) is 0 Å². The van der Waals surface area contributed by atoms with Gasteiger partial charge in [0, 0.05) is 0 Å². The first-order chi connectivity index (χ1) is 12.2. The molecule has 0 radical (unpaired) electrons. The van der Waals surface area contributed by atoms with Crippen LogP contribution in [-0.4, -0.2) is 46.3 Å². The van der Waals surface area contributed by atoms with E-state index in [4.69, 9.17) is 9.47 Å². The molecule has 0 bridgehead atoms. The largest absolute Gasteiger partial charge is 0.478 e. The molecule has 8 heteroatoms. The van der Waals surface area contributed by atoms with E-state index in [0.29, 0.717) is 0 Å². The summed E-state index contributed by atoms with van der Waals surface area (Å²) in [6.45, 7) is 6.31. The third-order valence-electron chi connectivity index (χ3n) is 3.02. The van der Waals surface area contributed by atoms with Crippen LogP contribution in [0, 0.1) is 0 Å². The molecule has 0 rings (SSSR count). The number of hydrogen-bond donors (Lipinski definition) is 2. The standard InChI is InChI=1S/C18H22O8/c1-5-9-11(7-3)17(23)25-13(15(19)20)14(16(21)22)26-18(24)12(8-4)10-6-2/h5-10,13-14H,1-4H3,(H,19,20)(H,21,22)/b9-5-,10-6-,11-7+,12-8+. The van der Waals surface area contributed by atoms with Gasteiger partial charge >= 0.3 is 23.9 Å². The topological polar surface area (TPSA) is 127 Å². The van der Waals surface area contributed by atoms with Crippen LogP contribution in [0.5, 0.6) is 0 Å². The van der Waals surface area contributed by atoms with E-state index in [2.05, 4.69) is 0 Å². The van der Waals surface area contributed by atoms with Crippen LogP contribution in [0.15, 0.2) is 47.6 Å². The highest BCUT2D eigenvalue weighted by Crippen LogP contribution is 2.13. The van der Waals surface area contributed by atoms with Crippen LogP contribution in [-0.2, 0) is 28.7 Å². The van der Waals surface area contributed by atoms with E-state index in [0.717, 1.165) is 0 Å². The van der Waals surface area contributed by atoms with Gasteiger partial charge in [-0.3, -0.25) is 0 Å². The molecule has 0 amide bonds. The average Bonchev–Trinajstić information content (AvgIpc) is 2.59. The molecule has 142 valence electrons. The molecule has 0 aromatic carbocycles. The maximum absolute atomic E-state index is 12.0. The number of esters is 2. The van der Waals surface area contributed by atoms with Gasteiger partial charge < -0.3 is 19.7 Å². The predicted molar refractivity (Wildman–Crippen MR) is 92.2 cm³/mol. The Kier molecular flexibility index (Phi) is 10.0. The number of rotatable bonds is 9. The van der Waals surface area contributed by atoms with Gasteiger partial charge in [-0.2, -0.15) is 0 Å². The first-order valence-electron chi connectivity index (χ1n) is 7.68. The number of aliphatic carboxylic acids is 2. The van der Waals surface area contributed by atoms with Gasteiger partial charge in [0.1, 0.15) is 0 Å². The minimum absolute atomic E-state index is 0.0253. The molecule has 2 unspecified atom stereocenters. The van der Waals surface area contributed by atoms with Crippen LogP contribution in [0.2, 0.25) is 0 Å². The van der Waals surface area contributed by atoms with E-state index in [1.807, 2.05) is 0 Å². The zero-order chi connectivity index (χ0) is 20.3. The zero-order valence-electron chi connectivity index (χ0n) is 15.0. The average molecular weight is 366 g/mol. The summed E-state index contributed by atoms with van der Waals surface area (Å²) >= 11 is 0. The van der Waals surface area contributed by atoms with E-state index in [1.165, 1.54) is 50.3 Å². The van der Waals surface area contributed by atoms with Gasteiger partial charge in [-0.25, -0.2) is 19.2 Å². The molecule has 2 atom stereocenters. The van der Waals surface area contributed by atoms with Gasteiger partial charge in [-0.05, 0) is 27.7 Å². The number of carbonyl (C=O) groups excluding carboxylic acids is 2. The normalized spacial score (nSPS) is 14.9. The van der Waals surface area contributed by atoms with Crippen molar-refractivity contribution in [2.24, 2.45) is 0 Å². The second kappa shape index (κ2) is 11.4. The molecule has 26 heavy (non-hydrogen) atoms. The van der Waals surface area contributed by atoms with Crippen molar-refractivity contribution in [1.29, 1.82) is 0 Å². The fourth-order valence-corrected chi connectivity index (χ4v) is 1.77. The molecular weight excluding hydrogens is 344 g/mol. The summed E-state index contributed by atoms with van der Waals surface area (Å²) in [7, 11) is 0. The van der Waals surface area contributed by atoms with Gasteiger partial charge in [0.2, 0.25) is 12.2 Å². The van der Waals surface area contributed by atoms with E-state index < -0.39 is 36.1 Å². The number of carboxylic acids is 2. The minimum Gasteiger partial charge on any atom is -0.478 e. The quantitative estimate of drug-likeness (QED) is 0.360. The molecule has 0 aromatic rings. The highest BCUT2D eigenvalue weighted by Gasteiger charge is 2.41. The molecule has 0 heterocycles. The molecule has 0 aliphatic heterocycles. The maximum Gasteiger partial charge on any atom is 0.349 e. The van der Waals surface area contributed by atoms with Crippen LogP contribution in [0.25, 0.3) is 0 Å². The van der Waals surface area contributed by atoms with Crippen LogP contribution in [0.3, 0.4) is 0 Å². The molecule has 0 aromatic heterocycles. The number of carbonyl (C=O) groups is 4. The lowest BCUT2D eigenvalue weighted by atomic mass is 10.1. The molecule has 0 saturated carbocycles. The van der Waals surface area contributed by atoms with Gasteiger partial charge in [-0.15, -0.1) is 0 Å². The smallest absolute Gasteiger partial charge is 0.349 e. The van der Waals surface area contributed by atoms with Crippen molar-refractivity contribution in [2.75, 3.05) is 0 Å². The molecule has 0 aliphatic carbocycles. The third-order valence-corrected chi connectivity index (χ3v) is 3.02. The van der Waals surface area contributed by atoms with Crippen molar-refractivity contribution in [2.45, 2.75) is 39.9 Å². The summed E-state index contributed by atoms with van der Waals surface area (Å²) in [5.41, 5.74) is 0.0505. The second-order valence-electron chi connectivity index (χ2n) is 4.82. The lowest BCUT2D eigenvalue weighted by Gasteiger charge is -2.21. The highest BCUT2D eigenvalue weighted by molar-refractivity contribution is 5.96. The Bertz CT molecular complexity index is 609. The molecule has 0 spiro atoms. The Morgan fingerprint density at radius 2 is 1.00 bits per heavy atom. The lowest BCUT2D eigenvalue weighted by molar-refractivity contribution is -0.184. The summed E-state index contributed by atoms with van der Waals surface area (Å²) < 4.78 is 9.52. The summed E-state index contributed by atoms with van der Waals surface area (Å²) in [6.07, 6.45) is 4.09. The number of hydrogen-bond acceptors (Lipinski definition) is 6. The molecule has 2 N–H and O–H groups in total. The third kappa shape index (κ3) is 6.76. The van der Waals surface area contributed by atoms with E-state index >= 15 is 0 Å². The fourth-order valence-electron chi connectivity index (χ4n) is 1.77. The first-order valence-corrected chi connectivity index (χ1v) is 7.68. The minimum atomic E-state index is -2.21. The summed E-state index contributed by atoms with van der Waals surface area (Å²) in [5.74, 6) is -5.63. The van der Waals surface area contributed by atoms with Crippen LogP contribution < -0.4 is 0 Å². The predicted octanol–water partition coefficient (Wildman–Crippen LogP) is 2.02. The van der Waals surface area contributed by atoms with Crippen LogP contribution >= 0.6 is 0 Å². The second-order valence-corrected chi connectivity index (χ2v) is 4.82. The van der Waals surface area contributed by atoms with Crippen molar-refractivity contribution < 1.29 is 38.9 Å². The van der Waals surface area contributed by atoms with Crippen molar-refractivity contribution >= 4 is 23.9 Å². The summed E-state index contributed by atoms with van der Waals surface area (Å²) in [6, 6.07) is 0. The Hall–Kier alpha value is -3.16. The Balaban J connectivity index is 5.62. The van der Waals surface area contributed by atoms with Gasteiger partial charge in [0.25, 0.3) is 0 Å². The van der Waals surface area contributed by atoms with E-state index in [9.17, 15) is 29.4 Å². The summed E-state index contributed by atoms with van der Waals surface area (Å²) in [4.78, 5) is 46.8. The Labute approximate surface area is 151 Å². The number of carboxylic acid groups (broad SMARTS) is 2. The Morgan fingerprint density at radius 3 is 1.19 bits per heavy atom. The van der Waals surface area contributed by atoms with Crippen molar-refractivity contribution in [3.05, 3.63) is 47.6 Å². The zero-order valence-corrected chi connectivity index (χ0v) is 15.0. The molecular formula is C18H22O8. The SMILES string of the molecule is C/C=C\C(=C/C)C(=O)OC(C(=O)O)C(OC(=O)C(/C=C\C)=C/C)C(=O)O. The fraction of sp³-hybridized carbons (Fsp3) is 0.333. The van der Waals surface area contributed by atoms with E-state index in [1.54, 1.807) is 13.8 Å². The van der Waals surface area contributed by atoms with Crippen LogP contribution in [0.4, 0.5) is 0 Å². The molecule has 0 aliphatic rings. The number of allylic oxidation sites excluding steroid dienone is 4. The monoisotopic (exact) mass is 366 g/mol.